The highest BCUT2D eigenvalue weighted by atomic mass is 32.1. The molecule has 1 aliphatic heterocycles. The van der Waals surface area contributed by atoms with Crippen LogP contribution >= 0.6 is 11.3 Å². The maximum atomic E-state index is 12.5. The highest BCUT2D eigenvalue weighted by Crippen LogP contribution is 2.33. The van der Waals surface area contributed by atoms with Gasteiger partial charge in [0, 0.05) is 24.7 Å². The topological polar surface area (TPSA) is 80.5 Å². The number of hydrogen-bond donors (Lipinski definition) is 1. The second-order valence-electron chi connectivity index (χ2n) is 6.34. The third-order valence-corrected chi connectivity index (χ3v) is 5.75. The molecule has 2 amide bonds. The number of aromatic nitrogens is 2. The van der Waals surface area contributed by atoms with Crippen molar-refractivity contribution in [3.8, 4) is 16.5 Å². The minimum Gasteiger partial charge on any atom is -0.497 e. The van der Waals surface area contributed by atoms with Crippen molar-refractivity contribution in [3.05, 3.63) is 47.7 Å². The van der Waals surface area contributed by atoms with E-state index >= 15 is 0 Å². The smallest absolute Gasteiger partial charge is 0.321 e. The normalized spacial score (nSPS) is 14.9. The zero-order valence-corrected chi connectivity index (χ0v) is 15.7. The van der Waals surface area contributed by atoms with Crippen molar-refractivity contribution in [1.29, 1.82) is 0 Å². The van der Waals surface area contributed by atoms with E-state index in [1.165, 1.54) is 0 Å². The van der Waals surface area contributed by atoms with Crippen LogP contribution in [0.4, 0.5) is 10.5 Å². The molecule has 1 fully saturated rings. The van der Waals surface area contributed by atoms with Gasteiger partial charge in [0.1, 0.15) is 10.8 Å². The standard InChI is InChI=1S/C19H20N4O3S/c1-25-15-6-4-14(5-7-15)20-19(24)23-10-8-13(9-11-23)17-21-22-18(27-17)16-3-2-12-26-16/h2-7,12-13H,8-11H2,1H3,(H,20,24). The van der Waals surface area contributed by atoms with Crippen LogP contribution in [0.1, 0.15) is 23.8 Å². The van der Waals surface area contributed by atoms with E-state index in [-0.39, 0.29) is 6.03 Å². The number of anilines is 1. The van der Waals surface area contributed by atoms with Crippen molar-refractivity contribution in [3.63, 3.8) is 0 Å². The van der Waals surface area contributed by atoms with Gasteiger partial charge in [-0.25, -0.2) is 4.79 Å². The van der Waals surface area contributed by atoms with Crippen LogP contribution in [0.2, 0.25) is 0 Å². The molecule has 0 radical (unpaired) electrons. The first-order valence-corrected chi connectivity index (χ1v) is 9.62. The minimum absolute atomic E-state index is 0.0767. The molecule has 27 heavy (non-hydrogen) atoms. The Balaban J connectivity index is 1.32. The third kappa shape index (κ3) is 3.95. The first kappa shape index (κ1) is 17.5. The molecule has 0 unspecified atom stereocenters. The van der Waals surface area contributed by atoms with Crippen LogP contribution < -0.4 is 10.1 Å². The number of nitrogens with one attached hydrogen (secondary N) is 1. The SMILES string of the molecule is COc1ccc(NC(=O)N2CCC(c3nnc(-c4ccco4)s3)CC2)cc1. The molecule has 0 atom stereocenters. The third-order valence-electron chi connectivity index (χ3n) is 4.65. The Kier molecular flexibility index (Phi) is 5.06. The average molecular weight is 384 g/mol. The zero-order valence-electron chi connectivity index (χ0n) is 14.9. The van der Waals surface area contributed by atoms with Gasteiger partial charge in [0.2, 0.25) is 0 Å². The molecule has 140 valence electrons. The van der Waals surface area contributed by atoms with Gasteiger partial charge in [-0.1, -0.05) is 11.3 Å². The quantitative estimate of drug-likeness (QED) is 0.728. The summed E-state index contributed by atoms with van der Waals surface area (Å²) in [7, 11) is 1.62. The van der Waals surface area contributed by atoms with Crippen molar-refractivity contribution >= 4 is 23.1 Å². The molecule has 3 heterocycles. The molecule has 8 heteroatoms. The van der Waals surface area contributed by atoms with E-state index in [9.17, 15) is 4.79 Å². The molecule has 1 aromatic carbocycles. The Hall–Kier alpha value is -2.87. The number of ether oxygens (including phenoxy) is 1. The number of hydrogen-bond acceptors (Lipinski definition) is 6. The predicted molar refractivity (Wildman–Crippen MR) is 103 cm³/mol. The molecule has 0 bridgehead atoms. The second-order valence-corrected chi connectivity index (χ2v) is 7.35. The van der Waals surface area contributed by atoms with Crippen LogP contribution in [0.15, 0.2) is 47.1 Å². The number of carbonyl (C=O) groups is 1. The summed E-state index contributed by atoms with van der Waals surface area (Å²) in [4.78, 5) is 14.3. The maximum absolute atomic E-state index is 12.5. The van der Waals surface area contributed by atoms with Crippen LogP contribution in [0, 0.1) is 0 Å². The van der Waals surface area contributed by atoms with Gasteiger partial charge in [-0.15, -0.1) is 10.2 Å². The summed E-state index contributed by atoms with van der Waals surface area (Å²) in [5.41, 5.74) is 0.759. The van der Waals surface area contributed by atoms with E-state index in [0.717, 1.165) is 40.1 Å². The fraction of sp³-hybridized carbons (Fsp3) is 0.316. The summed E-state index contributed by atoms with van der Waals surface area (Å²) in [6, 6.07) is 11.0. The fourth-order valence-corrected chi connectivity index (χ4v) is 4.09. The van der Waals surface area contributed by atoms with Crippen LogP contribution in [-0.4, -0.2) is 41.3 Å². The maximum Gasteiger partial charge on any atom is 0.321 e. The number of likely N-dealkylation sites (tertiary alicyclic amines) is 1. The lowest BCUT2D eigenvalue weighted by atomic mass is 9.98. The van der Waals surface area contributed by atoms with Crippen LogP contribution in [0.5, 0.6) is 5.75 Å². The van der Waals surface area contributed by atoms with Gasteiger partial charge < -0.3 is 19.4 Å². The van der Waals surface area contributed by atoms with Gasteiger partial charge in [0.25, 0.3) is 0 Å². The summed E-state index contributed by atoms with van der Waals surface area (Å²) < 4.78 is 10.5. The number of rotatable bonds is 4. The molecule has 1 N–H and O–H groups in total. The molecule has 3 aromatic rings. The van der Waals surface area contributed by atoms with E-state index in [0.29, 0.717) is 19.0 Å². The van der Waals surface area contributed by atoms with Gasteiger partial charge in [-0.05, 0) is 49.2 Å². The number of piperidine rings is 1. The summed E-state index contributed by atoms with van der Waals surface area (Å²) in [6.45, 7) is 1.39. The van der Waals surface area contributed by atoms with Gasteiger partial charge >= 0.3 is 6.03 Å². The number of benzene rings is 1. The van der Waals surface area contributed by atoms with Gasteiger partial charge in [0.05, 0.1) is 13.4 Å². The summed E-state index contributed by atoms with van der Waals surface area (Å²) in [5, 5.41) is 13.3. The largest absolute Gasteiger partial charge is 0.497 e. The minimum atomic E-state index is -0.0767. The number of amides is 2. The van der Waals surface area contributed by atoms with Crippen LogP contribution in [0.25, 0.3) is 10.8 Å². The van der Waals surface area contributed by atoms with E-state index in [1.807, 2.05) is 41.3 Å². The molecular formula is C19H20N4O3S. The molecule has 0 saturated carbocycles. The van der Waals surface area contributed by atoms with Gasteiger partial charge in [-0.3, -0.25) is 0 Å². The van der Waals surface area contributed by atoms with Gasteiger partial charge in [-0.2, -0.15) is 0 Å². The zero-order chi connectivity index (χ0) is 18.6. The molecule has 4 rings (SSSR count). The summed E-state index contributed by atoms with van der Waals surface area (Å²) in [5.74, 6) is 1.84. The Morgan fingerprint density at radius 2 is 2.00 bits per heavy atom. The van der Waals surface area contributed by atoms with Crippen molar-refractivity contribution in [2.24, 2.45) is 0 Å². The first-order valence-electron chi connectivity index (χ1n) is 8.80. The summed E-state index contributed by atoms with van der Waals surface area (Å²) >= 11 is 1.57. The van der Waals surface area contributed by atoms with E-state index in [4.69, 9.17) is 9.15 Å². The van der Waals surface area contributed by atoms with Crippen molar-refractivity contribution in [1.82, 2.24) is 15.1 Å². The van der Waals surface area contributed by atoms with E-state index in [1.54, 1.807) is 24.7 Å². The molecule has 1 saturated heterocycles. The van der Waals surface area contributed by atoms with Crippen molar-refractivity contribution < 1.29 is 13.9 Å². The highest BCUT2D eigenvalue weighted by Gasteiger charge is 2.26. The Morgan fingerprint density at radius 3 is 2.67 bits per heavy atom. The molecule has 1 aliphatic rings. The number of nitrogens with zero attached hydrogens (tertiary/aromatic N) is 3. The lowest BCUT2D eigenvalue weighted by molar-refractivity contribution is 0.194. The van der Waals surface area contributed by atoms with Gasteiger partial charge in [0.15, 0.2) is 10.8 Å². The first-order chi connectivity index (χ1) is 13.2. The Labute approximate surface area is 161 Å². The monoisotopic (exact) mass is 384 g/mol. The highest BCUT2D eigenvalue weighted by molar-refractivity contribution is 7.14. The number of methoxy groups -OCH3 is 1. The predicted octanol–water partition coefficient (Wildman–Crippen LogP) is 4.22. The summed E-state index contributed by atoms with van der Waals surface area (Å²) in [6.07, 6.45) is 3.39. The second kappa shape index (κ2) is 7.79. The van der Waals surface area contributed by atoms with Crippen LogP contribution in [0.3, 0.4) is 0 Å². The number of furan rings is 1. The van der Waals surface area contributed by atoms with Crippen molar-refractivity contribution in [2.75, 3.05) is 25.5 Å². The van der Waals surface area contributed by atoms with Crippen molar-refractivity contribution in [2.45, 2.75) is 18.8 Å². The van der Waals surface area contributed by atoms with E-state index < -0.39 is 0 Å². The fourth-order valence-electron chi connectivity index (χ4n) is 3.11. The Morgan fingerprint density at radius 1 is 1.22 bits per heavy atom. The molecule has 7 nitrogen and oxygen atoms in total. The molecular weight excluding hydrogens is 364 g/mol. The number of urea groups is 1. The van der Waals surface area contributed by atoms with Crippen LogP contribution in [-0.2, 0) is 0 Å². The average Bonchev–Trinajstić information content (AvgIpc) is 3.40. The molecule has 2 aromatic heterocycles. The molecule has 0 spiro atoms. The lowest BCUT2D eigenvalue weighted by Gasteiger charge is -2.30. The lowest BCUT2D eigenvalue weighted by Crippen LogP contribution is -2.40. The number of carbonyl (C=O) groups excluding carboxylic acids is 1. The van der Waals surface area contributed by atoms with E-state index in [2.05, 4.69) is 15.5 Å². The Bertz CT molecular complexity index is 884. The molecule has 0 aliphatic carbocycles.